The van der Waals surface area contributed by atoms with E-state index in [1.54, 1.807) is 19.2 Å². The standard InChI is InChI=1S/C22H24N2O4/c1-28-19-4-2-3-15(11-19)14-24(27)20(25)17-6-5-16-7-8-22(13-18(16)12-17)9-10-23-21(22)26/h2-6,11-12,27H,7-10,13-14H2,1H3,(H,23,26)/t22-/m1/s1. The normalized spacial score (nSPS) is 20.6. The van der Waals surface area contributed by atoms with Crippen LogP contribution in [0.2, 0.25) is 0 Å². The van der Waals surface area contributed by atoms with E-state index < -0.39 is 5.91 Å². The number of benzene rings is 2. The maximum atomic E-state index is 12.7. The van der Waals surface area contributed by atoms with Crippen molar-refractivity contribution >= 4 is 11.8 Å². The van der Waals surface area contributed by atoms with Gasteiger partial charge in [0.25, 0.3) is 5.91 Å². The second kappa shape index (κ2) is 7.28. The Morgan fingerprint density at radius 3 is 2.82 bits per heavy atom. The Morgan fingerprint density at radius 2 is 2.07 bits per heavy atom. The molecule has 2 aliphatic rings. The van der Waals surface area contributed by atoms with Gasteiger partial charge in [0.15, 0.2) is 0 Å². The molecular formula is C22H24N2O4. The summed E-state index contributed by atoms with van der Waals surface area (Å²) in [6.45, 7) is 0.789. The van der Waals surface area contributed by atoms with Crippen molar-refractivity contribution in [1.82, 2.24) is 10.4 Å². The van der Waals surface area contributed by atoms with Gasteiger partial charge in [0.1, 0.15) is 5.75 Å². The molecule has 1 aliphatic carbocycles. The Kier molecular flexibility index (Phi) is 4.81. The van der Waals surface area contributed by atoms with Crippen LogP contribution >= 0.6 is 0 Å². The Bertz CT molecular complexity index is 927. The van der Waals surface area contributed by atoms with Gasteiger partial charge in [0, 0.05) is 12.1 Å². The summed E-state index contributed by atoms with van der Waals surface area (Å²) in [7, 11) is 1.57. The largest absolute Gasteiger partial charge is 0.497 e. The minimum Gasteiger partial charge on any atom is -0.497 e. The van der Waals surface area contributed by atoms with E-state index in [9.17, 15) is 14.8 Å². The summed E-state index contributed by atoms with van der Waals surface area (Å²) >= 11 is 0. The highest BCUT2D eigenvalue weighted by molar-refractivity contribution is 5.94. The molecule has 146 valence electrons. The number of rotatable bonds is 4. The van der Waals surface area contributed by atoms with Crippen molar-refractivity contribution < 1.29 is 19.5 Å². The van der Waals surface area contributed by atoms with Gasteiger partial charge < -0.3 is 10.1 Å². The maximum Gasteiger partial charge on any atom is 0.277 e. The Labute approximate surface area is 164 Å². The molecule has 2 aromatic carbocycles. The molecule has 2 N–H and O–H groups in total. The van der Waals surface area contributed by atoms with Gasteiger partial charge in [0.2, 0.25) is 5.91 Å². The highest BCUT2D eigenvalue weighted by Gasteiger charge is 2.44. The molecule has 1 atom stereocenters. The lowest BCUT2D eigenvalue weighted by molar-refractivity contribution is -0.128. The van der Waals surface area contributed by atoms with E-state index >= 15 is 0 Å². The fourth-order valence-electron chi connectivity index (χ4n) is 4.28. The van der Waals surface area contributed by atoms with Crippen molar-refractivity contribution in [2.24, 2.45) is 5.41 Å². The monoisotopic (exact) mass is 380 g/mol. The number of hydrogen-bond acceptors (Lipinski definition) is 4. The molecule has 2 amide bonds. The summed E-state index contributed by atoms with van der Waals surface area (Å²) < 4.78 is 5.18. The average molecular weight is 380 g/mol. The number of amides is 2. The second-order valence-electron chi connectivity index (χ2n) is 7.66. The lowest BCUT2D eigenvalue weighted by Gasteiger charge is -2.32. The fraction of sp³-hybridized carbons (Fsp3) is 0.364. The number of nitrogens with zero attached hydrogens (tertiary/aromatic N) is 1. The van der Waals surface area contributed by atoms with Gasteiger partial charge in [-0.2, -0.15) is 0 Å². The second-order valence-corrected chi connectivity index (χ2v) is 7.66. The van der Waals surface area contributed by atoms with Crippen LogP contribution in [-0.2, 0) is 24.2 Å². The van der Waals surface area contributed by atoms with Crippen LogP contribution < -0.4 is 10.1 Å². The van der Waals surface area contributed by atoms with E-state index in [0.717, 1.165) is 42.0 Å². The Hall–Kier alpha value is -2.86. The van der Waals surface area contributed by atoms with E-state index in [4.69, 9.17) is 4.74 Å². The van der Waals surface area contributed by atoms with Gasteiger partial charge in [-0.05, 0) is 66.6 Å². The molecule has 2 aromatic rings. The number of nitrogens with one attached hydrogen (secondary N) is 1. The van der Waals surface area contributed by atoms with Gasteiger partial charge in [0.05, 0.1) is 19.1 Å². The predicted molar refractivity (Wildman–Crippen MR) is 103 cm³/mol. The maximum absolute atomic E-state index is 12.7. The van der Waals surface area contributed by atoms with Crippen LogP contribution in [0.15, 0.2) is 42.5 Å². The van der Waals surface area contributed by atoms with Crippen LogP contribution in [0.1, 0.15) is 39.9 Å². The van der Waals surface area contributed by atoms with Gasteiger partial charge in [-0.15, -0.1) is 0 Å². The smallest absolute Gasteiger partial charge is 0.277 e. The van der Waals surface area contributed by atoms with Crippen LogP contribution in [-0.4, -0.2) is 35.7 Å². The molecule has 28 heavy (non-hydrogen) atoms. The number of carbonyl (C=O) groups is 2. The third-order valence-electron chi connectivity index (χ3n) is 5.93. The van der Waals surface area contributed by atoms with E-state index in [-0.39, 0.29) is 17.9 Å². The van der Waals surface area contributed by atoms with Crippen molar-refractivity contribution in [3.63, 3.8) is 0 Å². The third kappa shape index (κ3) is 3.36. The van der Waals surface area contributed by atoms with Gasteiger partial charge in [-0.25, -0.2) is 5.06 Å². The number of carbonyl (C=O) groups excluding carboxylic acids is 2. The Balaban J connectivity index is 1.52. The van der Waals surface area contributed by atoms with Crippen LogP contribution in [0, 0.1) is 5.41 Å². The zero-order chi connectivity index (χ0) is 19.7. The molecule has 6 nitrogen and oxygen atoms in total. The molecule has 1 saturated heterocycles. The molecule has 0 unspecified atom stereocenters. The molecule has 6 heteroatoms. The van der Waals surface area contributed by atoms with Crippen molar-refractivity contribution in [2.75, 3.05) is 13.7 Å². The first-order valence-corrected chi connectivity index (χ1v) is 9.54. The van der Waals surface area contributed by atoms with Crippen molar-refractivity contribution in [1.29, 1.82) is 0 Å². The lowest BCUT2D eigenvalue weighted by Crippen LogP contribution is -2.36. The van der Waals surface area contributed by atoms with Crippen molar-refractivity contribution in [2.45, 2.75) is 32.2 Å². The first kappa shape index (κ1) is 18.5. The quantitative estimate of drug-likeness (QED) is 0.631. The molecule has 0 saturated carbocycles. The molecule has 1 heterocycles. The van der Waals surface area contributed by atoms with Crippen molar-refractivity contribution in [3.8, 4) is 5.75 Å². The average Bonchev–Trinajstić information content (AvgIpc) is 3.06. The number of aryl methyl sites for hydroxylation is 1. The Morgan fingerprint density at radius 1 is 1.21 bits per heavy atom. The van der Waals surface area contributed by atoms with Crippen LogP contribution in [0.5, 0.6) is 5.75 Å². The van der Waals surface area contributed by atoms with E-state index in [0.29, 0.717) is 17.7 Å². The zero-order valence-electron chi connectivity index (χ0n) is 15.9. The van der Waals surface area contributed by atoms with Crippen molar-refractivity contribution in [3.05, 3.63) is 64.7 Å². The highest BCUT2D eigenvalue weighted by atomic mass is 16.5. The predicted octanol–water partition coefficient (Wildman–Crippen LogP) is 2.72. The van der Waals surface area contributed by atoms with Crippen LogP contribution in [0.4, 0.5) is 0 Å². The van der Waals surface area contributed by atoms with Gasteiger partial charge in [-0.3, -0.25) is 14.8 Å². The summed E-state index contributed by atoms with van der Waals surface area (Å²) in [6, 6.07) is 12.8. The zero-order valence-corrected chi connectivity index (χ0v) is 15.9. The van der Waals surface area contributed by atoms with E-state index in [1.165, 1.54) is 5.56 Å². The highest BCUT2D eigenvalue weighted by Crippen LogP contribution is 2.41. The van der Waals surface area contributed by atoms with Crippen LogP contribution in [0.25, 0.3) is 0 Å². The molecule has 1 fully saturated rings. The van der Waals surface area contributed by atoms with E-state index in [1.807, 2.05) is 30.3 Å². The first-order chi connectivity index (χ1) is 13.5. The number of hydrogen-bond donors (Lipinski definition) is 2. The van der Waals surface area contributed by atoms with E-state index in [2.05, 4.69) is 5.32 Å². The molecule has 1 spiro atoms. The molecule has 0 aromatic heterocycles. The minimum atomic E-state index is -0.457. The molecular weight excluding hydrogens is 356 g/mol. The van der Waals surface area contributed by atoms with Gasteiger partial charge in [-0.1, -0.05) is 18.2 Å². The third-order valence-corrected chi connectivity index (χ3v) is 5.93. The number of methoxy groups -OCH3 is 1. The SMILES string of the molecule is COc1cccc(CN(O)C(=O)c2ccc3c(c2)C[C@]2(CCNC2=O)CC3)c1. The molecule has 4 rings (SSSR count). The fourth-order valence-corrected chi connectivity index (χ4v) is 4.28. The summed E-state index contributed by atoms with van der Waals surface area (Å²) in [6.07, 6.45) is 3.17. The number of ether oxygens (including phenoxy) is 1. The summed E-state index contributed by atoms with van der Waals surface area (Å²) in [4.78, 5) is 25.0. The van der Waals surface area contributed by atoms with Gasteiger partial charge >= 0.3 is 0 Å². The summed E-state index contributed by atoms with van der Waals surface area (Å²) in [5, 5.41) is 14.0. The topological polar surface area (TPSA) is 78.9 Å². The summed E-state index contributed by atoms with van der Waals surface area (Å²) in [5.74, 6) is 0.338. The molecule has 1 aliphatic heterocycles. The minimum absolute atomic E-state index is 0.0689. The lowest BCUT2D eigenvalue weighted by atomic mass is 9.70. The molecule has 0 radical (unpaired) electrons. The molecule has 0 bridgehead atoms. The first-order valence-electron chi connectivity index (χ1n) is 9.54. The number of hydroxylamine groups is 2. The number of fused-ring (bicyclic) bond motifs is 1. The van der Waals surface area contributed by atoms with Crippen LogP contribution in [0.3, 0.4) is 0 Å². The summed E-state index contributed by atoms with van der Waals surface area (Å²) in [5.41, 5.74) is 3.08.